The lowest BCUT2D eigenvalue weighted by Gasteiger charge is -2.34. The molecule has 0 radical (unpaired) electrons. The molecule has 2 fully saturated rings. The fraction of sp³-hybridized carbons (Fsp3) is 0.947. The second kappa shape index (κ2) is 11.0. The SMILES string of the molecule is CN=C(NCCN(C(C)C)C1CC1)N1CCC(OCCCOC)CC1. The smallest absolute Gasteiger partial charge is 0.193 e. The zero-order valence-electron chi connectivity index (χ0n) is 16.7. The minimum absolute atomic E-state index is 0.387. The Balaban J connectivity index is 1.64. The normalized spacial score (nSPS) is 19.9. The number of hydrogen-bond acceptors (Lipinski definition) is 4. The Bertz CT molecular complexity index is 389. The highest BCUT2D eigenvalue weighted by Gasteiger charge is 2.30. The van der Waals surface area contributed by atoms with Gasteiger partial charge in [-0.05, 0) is 46.0 Å². The number of aliphatic imine (C=N–C) groups is 1. The maximum absolute atomic E-state index is 5.95. The van der Waals surface area contributed by atoms with E-state index < -0.39 is 0 Å². The maximum atomic E-state index is 5.95. The van der Waals surface area contributed by atoms with E-state index in [1.54, 1.807) is 7.11 Å². The lowest BCUT2D eigenvalue weighted by atomic mass is 10.1. The molecule has 2 aliphatic rings. The van der Waals surface area contributed by atoms with Crippen LogP contribution in [0.1, 0.15) is 46.0 Å². The number of piperidine rings is 1. The molecule has 0 bridgehead atoms. The molecule has 6 nitrogen and oxygen atoms in total. The monoisotopic (exact) mass is 354 g/mol. The van der Waals surface area contributed by atoms with Crippen LogP contribution in [-0.4, -0.2) is 87.5 Å². The van der Waals surface area contributed by atoms with Crippen LogP contribution < -0.4 is 5.32 Å². The van der Waals surface area contributed by atoms with E-state index in [-0.39, 0.29) is 0 Å². The Morgan fingerprint density at radius 3 is 2.48 bits per heavy atom. The lowest BCUT2D eigenvalue weighted by molar-refractivity contribution is 0.00989. The third-order valence-electron chi connectivity index (χ3n) is 5.13. The highest BCUT2D eigenvalue weighted by Crippen LogP contribution is 2.27. The van der Waals surface area contributed by atoms with Crippen LogP contribution in [0.4, 0.5) is 0 Å². The Morgan fingerprint density at radius 2 is 1.92 bits per heavy atom. The molecule has 1 heterocycles. The average molecular weight is 355 g/mol. The number of hydrogen-bond donors (Lipinski definition) is 1. The summed E-state index contributed by atoms with van der Waals surface area (Å²) in [6, 6.07) is 1.44. The van der Waals surface area contributed by atoms with Gasteiger partial charge in [0.2, 0.25) is 0 Å². The average Bonchev–Trinajstić information content (AvgIpc) is 3.44. The third-order valence-corrected chi connectivity index (χ3v) is 5.13. The maximum Gasteiger partial charge on any atom is 0.193 e. The number of nitrogens with zero attached hydrogens (tertiary/aromatic N) is 3. The molecule has 6 heteroatoms. The van der Waals surface area contributed by atoms with Gasteiger partial charge in [-0.25, -0.2) is 0 Å². The molecule has 1 saturated carbocycles. The highest BCUT2D eigenvalue weighted by atomic mass is 16.5. The van der Waals surface area contributed by atoms with E-state index in [4.69, 9.17) is 9.47 Å². The first-order valence-corrected chi connectivity index (χ1v) is 9.97. The molecule has 0 unspecified atom stereocenters. The predicted octanol–water partition coefficient (Wildman–Crippen LogP) is 1.95. The molecule has 0 aromatic carbocycles. The fourth-order valence-electron chi connectivity index (χ4n) is 3.59. The Labute approximate surface area is 153 Å². The van der Waals surface area contributed by atoms with E-state index >= 15 is 0 Å². The van der Waals surface area contributed by atoms with Gasteiger partial charge < -0.3 is 19.7 Å². The Hall–Kier alpha value is -0.850. The number of methoxy groups -OCH3 is 1. The molecule has 2 rings (SSSR count). The molecule has 1 saturated heterocycles. The van der Waals surface area contributed by atoms with Crippen LogP contribution in [0.3, 0.4) is 0 Å². The third kappa shape index (κ3) is 7.12. The topological polar surface area (TPSA) is 49.3 Å². The van der Waals surface area contributed by atoms with Gasteiger partial charge in [-0.15, -0.1) is 0 Å². The van der Waals surface area contributed by atoms with Gasteiger partial charge in [0.1, 0.15) is 0 Å². The summed E-state index contributed by atoms with van der Waals surface area (Å²) in [5.74, 6) is 1.04. The zero-order valence-corrected chi connectivity index (χ0v) is 16.7. The summed E-state index contributed by atoms with van der Waals surface area (Å²) in [7, 11) is 3.62. The van der Waals surface area contributed by atoms with E-state index in [1.165, 1.54) is 12.8 Å². The molecule has 1 aliphatic carbocycles. The number of nitrogens with one attached hydrogen (secondary N) is 1. The van der Waals surface area contributed by atoms with E-state index in [0.29, 0.717) is 12.1 Å². The molecule has 0 aromatic heterocycles. The first kappa shape index (κ1) is 20.5. The summed E-state index contributed by atoms with van der Waals surface area (Å²) in [6.07, 6.45) is 6.25. The van der Waals surface area contributed by atoms with Gasteiger partial charge in [0.25, 0.3) is 0 Å². The second-order valence-electron chi connectivity index (χ2n) is 7.44. The molecule has 0 spiro atoms. The molecular weight excluding hydrogens is 316 g/mol. The van der Waals surface area contributed by atoms with Crippen molar-refractivity contribution < 1.29 is 9.47 Å². The first-order valence-electron chi connectivity index (χ1n) is 9.97. The van der Waals surface area contributed by atoms with E-state index in [9.17, 15) is 0 Å². The first-order chi connectivity index (χ1) is 12.2. The summed E-state index contributed by atoms with van der Waals surface area (Å²) >= 11 is 0. The van der Waals surface area contributed by atoms with E-state index in [0.717, 1.165) is 70.7 Å². The molecule has 1 aliphatic heterocycles. The Morgan fingerprint density at radius 1 is 1.20 bits per heavy atom. The van der Waals surface area contributed by atoms with Crippen LogP contribution in [0.2, 0.25) is 0 Å². The molecule has 146 valence electrons. The number of guanidine groups is 1. The molecule has 0 aromatic rings. The van der Waals surface area contributed by atoms with Crippen LogP contribution in [0.25, 0.3) is 0 Å². The van der Waals surface area contributed by atoms with Gasteiger partial charge >= 0.3 is 0 Å². The zero-order chi connectivity index (χ0) is 18.1. The van der Waals surface area contributed by atoms with Crippen LogP contribution in [0, 0.1) is 0 Å². The van der Waals surface area contributed by atoms with Crippen molar-refractivity contribution in [2.75, 3.05) is 53.6 Å². The standard InChI is InChI=1S/C19H38N4O2/c1-16(2)23(17-6-7-17)13-10-21-19(20-3)22-11-8-18(9-12-22)25-15-5-14-24-4/h16-18H,5-15H2,1-4H3,(H,20,21). The van der Waals surface area contributed by atoms with Crippen molar-refractivity contribution in [3.8, 4) is 0 Å². The summed E-state index contributed by atoms with van der Waals surface area (Å²) in [4.78, 5) is 9.46. The van der Waals surface area contributed by atoms with Crippen molar-refractivity contribution in [1.29, 1.82) is 0 Å². The van der Waals surface area contributed by atoms with Crippen molar-refractivity contribution in [2.24, 2.45) is 4.99 Å². The van der Waals surface area contributed by atoms with Gasteiger partial charge in [0.15, 0.2) is 5.96 Å². The quantitative estimate of drug-likeness (QED) is 0.369. The van der Waals surface area contributed by atoms with Gasteiger partial charge in [0.05, 0.1) is 6.10 Å². The summed E-state index contributed by atoms with van der Waals surface area (Å²) in [5.41, 5.74) is 0. The van der Waals surface area contributed by atoms with Crippen LogP contribution in [0.5, 0.6) is 0 Å². The molecule has 0 atom stereocenters. The minimum atomic E-state index is 0.387. The van der Waals surface area contributed by atoms with Gasteiger partial charge in [-0.2, -0.15) is 0 Å². The summed E-state index contributed by atoms with van der Waals surface area (Å²) < 4.78 is 11.0. The Kier molecular flexibility index (Phi) is 8.99. The van der Waals surface area contributed by atoms with E-state index in [2.05, 4.69) is 34.0 Å². The van der Waals surface area contributed by atoms with Crippen LogP contribution in [0.15, 0.2) is 4.99 Å². The predicted molar refractivity (Wildman–Crippen MR) is 103 cm³/mol. The minimum Gasteiger partial charge on any atom is -0.385 e. The lowest BCUT2D eigenvalue weighted by Crippen LogP contribution is -2.49. The van der Waals surface area contributed by atoms with Crippen molar-refractivity contribution in [3.63, 3.8) is 0 Å². The fourth-order valence-corrected chi connectivity index (χ4v) is 3.59. The van der Waals surface area contributed by atoms with Crippen molar-refractivity contribution in [3.05, 3.63) is 0 Å². The molecule has 1 N–H and O–H groups in total. The van der Waals surface area contributed by atoms with Gasteiger partial charge in [0, 0.05) is 65.6 Å². The largest absolute Gasteiger partial charge is 0.385 e. The van der Waals surface area contributed by atoms with Gasteiger partial charge in [-0.3, -0.25) is 9.89 Å². The van der Waals surface area contributed by atoms with Crippen molar-refractivity contribution in [1.82, 2.24) is 15.1 Å². The van der Waals surface area contributed by atoms with Crippen LogP contribution >= 0.6 is 0 Å². The van der Waals surface area contributed by atoms with Crippen molar-refractivity contribution >= 4 is 5.96 Å². The second-order valence-corrected chi connectivity index (χ2v) is 7.44. The highest BCUT2D eigenvalue weighted by molar-refractivity contribution is 5.79. The summed E-state index contributed by atoms with van der Waals surface area (Å²) in [5, 5.41) is 3.56. The van der Waals surface area contributed by atoms with E-state index in [1.807, 2.05) is 7.05 Å². The summed E-state index contributed by atoms with van der Waals surface area (Å²) in [6.45, 7) is 10.3. The number of ether oxygens (including phenoxy) is 2. The van der Waals surface area contributed by atoms with Crippen molar-refractivity contribution in [2.45, 2.75) is 64.1 Å². The number of rotatable bonds is 10. The molecule has 25 heavy (non-hydrogen) atoms. The van der Waals surface area contributed by atoms with Crippen LogP contribution in [-0.2, 0) is 9.47 Å². The molecule has 0 amide bonds. The van der Waals surface area contributed by atoms with Gasteiger partial charge in [-0.1, -0.05) is 0 Å². The molecular formula is C19H38N4O2. The number of likely N-dealkylation sites (tertiary alicyclic amines) is 1.